The van der Waals surface area contributed by atoms with Gasteiger partial charge in [0.2, 0.25) is 5.88 Å². The van der Waals surface area contributed by atoms with Gasteiger partial charge in [-0.3, -0.25) is 19.6 Å². The van der Waals surface area contributed by atoms with Crippen molar-refractivity contribution in [3.05, 3.63) is 77.0 Å². The maximum Gasteiger partial charge on any atom is 0.336 e. The number of anilines is 1. The zero-order valence-corrected chi connectivity index (χ0v) is 26.9. The fourth-order valence-electron chi connectivity index (χ4n) is 3.92. The molecule has 0 fully saturated rings. The first-order valence-corrected chi connectivity index (χ1v) is 15.8. The van der Waals surface area contributed by atoms with Gasteiger partial charge in [0, 0.05) is 28.4 Å². The number of rotatable bonds is 11. The Morgan fingerprint density at radius 2 is 1.57 bits per heavy atom. The van der Waals surface area contributed by atoms with Crippen molar-refractivity contribution in [2.75, 3.05) is 24.8 Å². The van der Waals surface area contributed by atoms with Gasteiger partial charge >= 0.3 is 5.97 Å². The molecule has 0 aliphatic heterocycles. The molecule has 0 bridgehead atoms. The molecule has 0 radical (unpaired) electrons. The van der Waals surface area contributed by atoms with E-state index in [9.17, 15) is 33.0 Å². The molecule has 0 aliphatic rings. The van der Waals surface area contributed by atoms with Crippen molar-refractivity contribution < 1.29 is 42.3 Å². The number of pyridine rings is 1. The third-order valence-electron chi connectivity index (χ3n) is 6.33. The Bertz CT molecular complexity index is 1680. The molecular formula is C31H39N5O9S. The minimum Gasteiger partial charge on any atom is -0.478 e. The van der Waals surface area contributed by atoms with E-state index in [0.29, 0.717) is 30.5 Å². The highest BCUT2D eigenvalue weighted by molar-refractivity contribution is 7.85. The highest BCUT2D eigenvalue weighted by atomic mass is 32.2. The Morgan fingerprint density at radius 3 is 2.07 bits per heavy atom. The van der Waals surface area contributed by atoms with Crippen molar-refractivity contribution in [1.29, 1.82) is 5.41 Å². The van der Waals surface area contributed by atoms with Crippen LogP contribution in [0.4, 0.5) is 5.69 Å². The lowest BCUT2D eigenvalue weighted by atomic mass is 9.87. The number of nitrogen functional groups attached to an aromatic ring is 1. The summed E-state index contributed by atoms with van der Waals surface area (Å²) >= 11 is 0. The Morgan fingerprint density at radius 1 is 1.00 bits per heavy atom. The number of carboxylic acids is 1. The highest BCUT2D eigenvalue weighted by Gasteiger charge is 2.27. The zero-order valence-electron chi connectivity index (χ0n) is 26.1. The summed E-state index contributed by atoms with van der Waals surface area (Å²) in [6, 6.07) is 13.0. The summed E-state index contributed by atoms with van der Waals surface area (Å²) in [5, 5.41) is 32.8. The molecule has 0 saturated heterocycles. The lowest BCUT2D eigenvalue weighted by molar-refractivity contribution is 0.0697. The van der Waals surface area contributed by atoms with Gasteiger partial charge in [0.05, 0.1) is 31.1 Å². The Hall–Kier alpha value is -4.86. The largest absolute Gasteiger partial charge is 0.478 e. The molecule has 0 aliphatic carbocycles. The number of carbonyl (C=O) groups is 3. The second kappa shape index (κ2) is 15.9. The van der Waals surface area contributed by atoms with E-state index in [-0.39, 0.29) is 46.3 Å². The van der Waals surface area contributed by atoms with Crippen LogP contribution in [0.3, 0.4) is 0 Å². The number of aliphatic hydroxyl groups is 1. The molecule has 46 heavy (non-hydrogen) atoms. The second-order valence-electron chi connectivity index (χ2n) is 11.2. The molecule has 2 amide bonds. The SMILES string of the molecule is CCCOc1ccc(-c2ccc(C(=O)NC(CO)C(C)(C)C)cc2C(=O)O)c(C(=O)Nc2ccc(C(=N)N)cc2)n1.CS(=O)(=O)O. The van der Waals surface area contributed by atoms with Crippen LogP contribution < -0.4 is 21.1 Å². The Labute approximate surface area is 267 Å². The normalized spacial score (nSPS) is 11.8. The molecule has 0 saturated carbocycles. The summed E-state index contributed by atoms with van der Waals surface area (Å²) in [5.41, 5.74) is 6.16. The van der Waals surface area contributed by atoms with Crippen molar-refractivity contribution in [1.82, 2.24) is 10.3 Å². The molecule has 1 aromatic heterocycles. The quantitative estimate of drug-likeness (QED) is 0.0895. The summed E-state index contributed by atoms with van der Waals surface area (Å²) in [6.07, 6.45) is 1.43. The first-order valence-electron chi connectivity index (χ1n) is 14.0. The first kappa shape index (κ1) is 37.3. The number of aliphatic hydroxyl groups excluding tert-OH is 1. The molecule has 1 heterocycles. The van der Waals surface area contributed by atoms with Crippen molar-refractivity contribution in [2.45, 2.75) is 40.2 Å². The standard InChI is InChI=1S/C30H35N5O6.CH4O3S/c1-5-14-41-24-13-12-21(25(35-24)28(38)33-19-9-6-17(7-10-19)26(31)32)20-11-8-18(15-22(20)29(39)40)27(37)34-23(16-36)30(2,3)4;1-5(2,3)4/h6-13,15,23,36H,5,14,16H2,1-4H3,(H3,31,32)(H,33,38)(H,34,37)(H,39,40);1H3,(H,2,3,4). The monoisotopic (exact) mass is 657 g/mol. The molecule has 248 valence electrons. The Balaban J connectivity index is 0.00000136. The van der Waals surface area contributed by atoms with Crippen LogP contribution >= 0.6 is 0 Å². The van der Waals surface area contributed by atoms with Crippen LogP contribution in [0.5, 0.6) is 5.88 Å². The third kappa shape index (κ3) is 11.3. The van der Waals surface area contributed by atoms with Gasteiger partial charge in [0.1, 0.15) is 11.5 Å². The average molecular weight is 658 g/mol. The molecule has 3 rings (SSSR count). The van der Waals surface area contributed by atoms with Crippen LogP contribution in [0.1, 0.15) is 70.9 Å². The zero-order chi connectivity index (χ0) is 34.8. The van der Waals surface area contributed by atoms with Gasteiger partial charge in [0.25, 0.3) is 21.9 Å². The van der Waals surface area contributed by atoms with Crippen molar-refractivity contribution in [3.8, 4) is 17.0 Å². The van der Waals surface area contributed by atoms with E-state index in [1.807, 2.05) is 27.7 Å². The summed E-state index contributed by atoms with van der Waals surface area (Å²) < 4.78 is 31.5. The molecule has 1 atom stereocenters. The number of carboxylic acid groups (broad SMARTS) is 1. The van der Waals surface area contributed by atoms with E-state index in [2.05, 4.69) is 15.6 Å². The molecule has 8 N–H and O–H groups in total. The number of aromatic carboxylic acids is 1. The van der Waals surface area contributed by atoms with Crippen molar-refractivity contribution in [2.24, 2.45) is 11.1 Å². The van der Waals surface area contributed by atoms with Gasteiger partial charge in [-0.05, 0) is 59.9 Å². The van der Waals surface area contributed by atoms with E-state index < -0.39 is 39.4 Å². The van der Waals surface area contributed by atoms with Gasteiger partial charge in [-0.1, -0.05) is 33.8 Å². The molecule has 2 aromatic carbocycles. The third-order valence-corrected chi connectivity index (χ3v) is 6.33. The van der Waals surface area contributed by atoms with E-state index in [0.717, 1.165) is 0 Å². The lowest BCUT2D eigenvalue weighted by Crippen LogP contribution is -2.46. The molecule has 0 spiro atoms. The number of benzene rings is 2. The van der Waals surface area contributed by atoms with Crippen molar-refractivity contribution >= 4 is 39.4 Å². The molecule has 14 nitrogen and oxygen atoms in total. The van der Waals surface area contributed by atoms with Crippen LogP contribution in [0.15, 0.2) is 54.6 Å². The summed E-state index contributed by atoms with van der Waals surface area (Å²) in [5.74, 6) is -2.39. The van der Waals surface area contributed by atoms with Crippen LogP contribution in [-0.4, -0.2) is 77.3 Å². The fraction of sp³-hybridized carbons (Fsp3) is 0.323. The number of amides is 2. The van der Waals surface area contributed by atoms with E-state index in [4.69, 9.17) is 20.4 Å². The van der Waals surface area contributed by atoms with Crippen LogP contribution in [0.2, 0.25) is 0 Å². The molecule has 1 unspecified atom stereocenters. The number of amidine groups is 1. The number of nitrogens with one attached hydrogen (secondary N) is 3. The predicted octanol–water partition coefficient (Wildman–Crippen LogP) is 3.41. The number of nitrogens with two attached hydrogens (primary N) is 1. The smallest absolute Gasteiger partial charge is 0.336 e. The number of carbonyl (C=O) groups excluding carboxylic acids is 2. The topological polar surface area (TPSA) is 242 Å². The fourth-order valence-corrected chi connectivity index (χ4v) is 3.92. The number of nitrogens with zero attached hydrogens (tertiary/aromatic N) is 1. The minimum atomic E-state index is -3.67. The summed E-state index contributed by atoms with van der Waals surface area (Å²) in [7, 11) is -3.67. The molecular weight excluding hydrogens is 618 g/mol. The summed E-state index contributed by atoms with van der Waals surface area (Å²) in [6.45, 7) is 7.61. The average Bonchev–Trinajstić information content (AvgIpc) is 2.97. The van der Waals surface area contributed by atoms with E-state index in [1.54, 1.807) is 36.4 Å². The van der Waals surface area contributed by atoms with Crippen LogP contribution in [-0.2, 0) is 10.1 Å². The maximum absolute atomic E-state index is 13.4. The molecule has 15 heteroatoms. The summed E-state index contributed by atoms with van der Waals surface area (Å²) in [4.78, 5) is 43.1. The van der Waals surface area contributed by atoms with Crippen LogP contribution in [0.25, 0.3) is 11.1 Å². The number of hydrogen-bond donors (Lipinski definition) is 7. The maximum atomic E-state index is 13.4. The van der Waals surface area contributed by atoms with Crippen LogP contribution in [0, 0.1) is 10.8 Å². The number of hydrogen-bond acceptors (Lipinski definition) is 9. The van der Waals surface area contributed by atoms with E-state index >= 15 is 0 Å². The first-order chi connectivity index (χ1) is 21.3. The highest BCUT2D eigenvalue weighted by Crippen LogP contribution is 2.30. The van der Waals surface area contributed by atoms with Gasteiger partial charge in [-0.25, -0.2) is 9.78 Å². The number of aromatic nitrogens is 1. The van der Waals surface area contributed by atoms with Gasteiger partial charge in [-0.15, -0.1) is 0 Å². The minimum absolute atomic E-state index is 0.0815. The lowest BCUT2D eigenvalue weighted by Gasteiger charge is -2.29. The van der Waals surface area contributed by atoms with E-state index in [1.165, 1.54) is 18.2 Å². The second-order valence-corrected chi connectivity index (χ2v) is 12.7. The van der Waals surface area contributed by atoms with Gasteiger partial charge in [0.15, 0.2) is 0 Å². The molecule has 3 aromatic rings. The van der Waals surface area contributed by atoms with Crippen molar-refractivity contribution in [3.63, 3.8) is 0 Å². The number of ether oxygens (including phenoxy) is 1. The predicted molar refractivity (Wildman–Crippen MR) is 173 cm³/mol. The Kier molecular flexibility index (Phi) is 12.9. The van der Waals surface area contributed by atoms with Gasteiger partial charge < -0.3 is 31.3 Å². The van der Waals surface area contributed by atoms with Gasteiger partial charge in [-0.2, -0.15) is 8.42 Å².